The monoisotopic (exact) mass is 242 g/mol. The number of nitrogens with zero attached hydrogens (tertiary/aromatic N) is 1. The zero-order valence-electron chi connectivity index (χ0n) is 9.60. The quantitative estimate of drug-likeness (QED) is 0.723. The van der Waals surface area contributed by atoms with Crippen molar-refractivity contribution in [3.63, 3.8) is 0 Å². The number of rotatable bonds is 2. The fourth-order valence-corrected chi connectivity index (χ4v) is 2.15. The second-order valence-electron chi connectivity index (χ2n) is 3.90. The third-order valence-corrected chi connectivity index (χ3v) is 2.94. The summed E-state index contributed by atoms with van der Waals surface area (Å²) in [7, 11) is 1.58. The first-order valence-electron chi connectivity index (χ1n) is 5.39. The van der Waals surface area contributed by atoms with Gasteiger partial charge in [0.25, 0.3) is 0 Å². The Morgan fingerprint density at radius 1 is 1.28 bits per heavy atom. The number of carboxylic acid groups (broad SMARTS) is 1. The summed E-state index contributed by atoms with van der Waals surface area (Å²) in [6.45, 7) is 0. The van der Waals surface area contributed by atoms with Crippen molar-refractivity contribution < 1.29 is 14.6 Å². The molecule has 2 heterocycles. The van der Waals surface area contributed by atoms with E-state index in [1.54, 1.807) is 13.2 Å². The molecule has 0 fully saturated rings. The molecule has 18 heavy (non-hydrogen) atoms. The van der Waals surface area contributed by atoms with Gasteiger partial charge in [0.05, 0.1) is 18.1 Å². The zero-order valence-corrected chi connectivity index (χ0v) is 9.60. The molecule has 0 aliphatic heterocycles. The van der Waals surface area contributed by atoms with Crippen molar-refractivity contribution in [2.75, 3.05) is 7.11 Å². The topological polar surface area (TPSA) is 75.2 Å². The van der Waals surface area contributed by atoms with Crippen molar-refractivity contribution in [2.24, 2.45) is 0 Å². The SMILES string of the molecule is COc1cccc2c1[nH]c1c(C(=O)O)nccc12. The highest BCUT2D eigenvalue weighted by atomic mass is 16.5. The molecule has 3 aromatic rings. The van der Waals surface area contributed by atoms with Crippen LogP contribution in [0.2, 0.25) is 0 Å². The van der Waals surface area contributed by atoms with Gasteiger partial charge in [-0.1, -0.05) is 12.1 Å². The number of aromatic carboxylic acids is 1. The fraction of sp³-hybridized carbons (Fsp3) is 0.0769. The molecule has 0 bridgehead atoms. The van der Waals surface area contributed by atoms with E-state index >= 15 is 0 Å². The smallest absolute Gasteiger partial charge is 0.356 e. The standard InChI is InChI=1S/C13H10N2O3/c1-18-9-4-2-3-7-8-5-6-14-12(13(16)17)11(8)15-10(7)9/h2-6,15H,1H3,(H,16,17). The first kappa shape index (κ1) is 10.6. The molecule has 1 aromatic carbocycles. The van der Waals surface area contributed by atoms with Crippen molar-refractivity contribution in [1.29, 1.82) is 0 Å². The summed E-state index contributed by atoms with van der Waals surface area (Å²) >= 11 is 0. The molecule has 0 amide bonds. The fourth-order valence-electron chi connectivity index (χ4n) is 2.15. The molecule has 90 valence electrons. The van der Waals surface area contributed by atoms with Crippen LogP contribution in [0, 0.1) is 0 Å². The van der Waals surface area contributed by atoms with Crippen molar-refractivity contribution in [3.05, 3.63) is 36.2 Å². The minimum Gasteiger partial charge on any atom is -0.495 e. The number of carboxylic acids is 1. The van der Waals surface area contributed by atoms with Crippen LogP contribution >= 0.6 is 0 Å². The molecule has 5 heteroatoms. The highest BCUT2D eigenvalue weighted by Gasteiger charge is 2.15. The number of pyridine rings is 1. The number of para-hydroxylation sites is 1. The zero-order chi connectivity index (χ0) is 12.7. The van der Waals surface area contributed by atoms with Gasteiger partial charge >= 0.3 is 5.97 Å². The van der Waals surface area contributed by atoms with Gasteiger partial charge < -0.3 is 14.8 Å². The molecule has 0 atom stereocenters. The Morgan fingerprint density at radius 2 is 2.06 bits per heavy atom. The number of fused-ring (bicyclic) bond motifs is 3. The summed E-state index contributed by atoms with van der Waals surface area (Å²) in [4.78, 5) is 18.1. The maximum Gasteiger partial charge on any atom is 0.356 e. The van der Waals surface area contributed by atoms with Crippen LogP contribution in [0.4, 0.5) is 0 Å². The van der Waals surface area contributed by atoms with Crippen LogP contribution in [0.3, 0.4) is 0 Å². The number of hydrogen-bond donors (Lipinski definition) is 2. The lowest BCUT2D eigenvalue weighted by Gasteiger charge is -1.99. The molecule has 0 unspecified atom stereocenters. The number of carbonyl (C=O) groups is 1. The molecule has 3 rings (SSSR count). The van der Waals surface area contributed by atoms with Crippen LogP contribution in [0.25, 0.3) is 21.8 Å². The second kappa shape index (κ2) is 3.73. The largest absolute Gasteiger partial charge is 0.495 e. The Morgan fingerprint density at radius 3 is 2.78 bits per heavy atom. The van der Waals surface area contributed by atoms with E-state index in [1.165, 1.54) is 6.20 Å². The highest BCUT2D eigenvalue weighted by Crippen LogP contribution is 2.32. The molecule has 0 aliphatic carbocycles. The van der Waals surface area contributed by atoms with Crippen LogP contribution in [0.5, 0.6) is 5.75 Å². The van der Waals surface area contributed by atoms with Crippen LogP contribution in [-0.4, -0.2) is 28.2 Å². The van der Waals surface area contributed by atoms with E-state index in [0.29, 0.717) is 11.3 Å². The number of hydrogen-bond acceptors (Lipinski definition) is 3. The Hall–Kier alpha value is -2.56. The normalized spacial score (nSPS) is 10.9. The van der Waals surface area contributed by atoms with E-state index in [4.69, 9.17) is 9.84 Å². The molecule has 0 radical (unpaired) electrons. The number of H-pyrrole nitrogens is 1. The number of nitrogens with one attached hydrogen (secondary N) is 1. The van der Waals surface area contributed by atoms with Gasteiger partial charge in [0.1, 0.15) is 5.75 Å². The van der Waals surface area contributed by atoms with Crippen molar-refractivity contribution in [3.8, 4) is 5.75 Å². The molecule has 0 spiro atoms. The van der Waals surface area contributed by atoms with Crippen molar-refractivity contribution >= 4 is 27.8 Å². The third kappa shape index (κ3) is 1.34. The average Bonchev–Trinajstić information content (AvgIpc) is 2.76. The van der Waals surface area contributed by atoms with Crippen molar-refractivity contribution in [2.45, 2.75) is 0 Å². The second-order valence-corrected chi connectivity index (χ2v) is 3.90. The summed E-state index contributed by atoms with van der Waals surface area (Å²) in [5.74, 6) is -0.369. The Labute approximate surface area is 102 Å². The predicted octanol–water partition coefficient (Wildman–Crippen LogP) is 2.42. The molecule has 0 saturated carbocycles. The highest BCUT2D eigenvalue weighted by molar-refractivity contribution is 6.13. The number of aromatic amines is 1. The van der Waals surface area contributed by atoms with Gasteiger partial charge in [0.15, 0.2) is 5.69 Å². The Kier molecular flexibility index (Phi) is 2.19. The van der Waals surface area contributed by atoms with Crippen LogP contribution < -0.4 is 4.74 Å². The lowest BCUT2D eigenvalue weighted by molar-refractivity contribution is 0.0692. The van der Waals surface area contributed by atoms with Crippen LogP contribution in [-0.2, 0) is 0 Å². The number of ether oxygens (including phenoxy) is 1. The predicted molar refractivity (Wildman–Crippen MR) is 67.1 cm³/mol. The van der Waals surface area contributed by atoms with E-state index in [1.807, 2.05) is 18.2 Å². The summed E-state index contributed by atoms with van der Waals surface area (Å²) in [6, 6.07) is 7.41. The molecule has 2 N–H and O–H groups in total. The van der Waals surface area contributed by atoms with Crippen LogP contribution in [0.15, 0.2) is 30.5 Å². The molecular weight excluding hydrogens is 232 g/mol. The van der Waals surface area contributed by atoms with Gasteiger partial charge in [-0.2, -0.15) is 0 Å². The Balaban J connectivity index is 2.50. The molecule has 0 saturated heterocycles. The van der Waals surface area contributed by atoms with E-state index in [0.717, 1.165) is 16.3 Å². The Bertz CT molecular complexity index is 761. The maximum absolute atomic E-state index is 11.1. The van der Waals surface area contributed by atoms with Gasteiger partial charge in [-0.05, 0) is 12.1 Å². The van der Waals surface area contributed by atoms with Gasteiger partial charge in [0.2, 0.25) is 0 Å². The molecule has 2 aromatic heterocycles. The van der Waals surface area contributed by atoms with Crippen LogP contribution in [0.1, 0.15) is 10.5 Å². The van der Waals surface area contributed by atoms with E-state index in [-0.39, 0.29) is 5.69 Å². The van der Waals surface area contributed by atoms with E-state index in [2.05, 4.69) is 9.97 Å². The van der Waals surface area contributed by atoms with E-state index in [9.17, 15) is 4.79 Å². The third-order valence-electron chi connectivity index (χ3n) is 2.94. The first-order valence-corrected chi connectivity index (χ1v) is 5.39. The minimum atomic E-state index is -1.05. The maximum atomic E-state index is 11.1. The minimum absolute atomic E-state index is 0.0192. The number of methoxy groups -OCH3 is 1. The number of aromatic nitrogens is 2. The van der Waals surface area contributed by atoms with Gasteiger partial charge in [-0.3, -0.25) is 0 Å². The van der Waals surface area contributed by atoms with E-state index < -0.39 is 5.97 Å². The first-order chi connectivity index (χ1) is 8.72. The molecule has 5 nitrogen and oxygen atoms in total. The van der Waals surface area contributed by atoms with Gasteiger partial charge in [0, 0.05) is 17.0 Å². The molecule has 0 aliphatic rings. The summed E-state index contributed by atoms with van der Waals surface area (Å²) in [6.07, 6.45) is 1.50. The van der Waals surface area contributed by atoms with Crippen molar-refractivity contribution in [1.82, 2.24) is 9.97 Å². The molecular formula is C13H10N2O3. The summed E-state index contributed by atoms with van der Waals surface area (Å²) in [5.41, 5.74) is 1.32. The lowest BCUT2D eigenvalue weighted by Crippen LogP contribution is -2.00. The van der Waals surface area contributed by atoms with Gasteiger partial charge in [-0.25, -0.2) is 9.78 Å². The summed E-state index contributed by atoms with van der Waals surface area (Å²) < 4.78 is 5.26. The number of benzene rings is 1. The summed E-state index contributed by atoms with van der Waals surface area (Å²) in [5, 5.41) is 10.9. The average molecular weight is 242 g/mol. The lowest BCUT2D eigenvalue weighted by atomic mass is 10.1. The van der Waals surface area contributed by atoms with Gasteiger partial charge in [-0.15, -0.1) is 0 Å².